The van der Waals surface area contributed by atoms with Crippen molar-refractivity contribution in [3.05, 3.63) is 48.3 Å². The molecule has 0 amide bonds. The predicted molar refractivity (Wildman–Crippen MR) is 81.7 cm³/mol. The molecule has 3 aromatic rings. The van der Waals surface area contributed by atoms with Gasteiger partial charge in [0.25, 0.3) is 0 Å². The molecule has 0 aliphatic carbocycles. The summed E-state index contributed by atoms with van der Waals surface area (Å²) >= 11 is 0. The maximum absolute atomic E-state index is 4.64. The van der Waals surface area contributed by atoms with Gasteiger partial charge in [0.05, 0.1) is 5.52 Å². The van der Waals surface area contributed by atoms with Crippen LogP contribution in [0.15, 0.2) is 42.6 Å². The Morgan fingerprint density at radius 2 is 1.95 bits per heavy atom. The number of benzene rings is 1. The van der Waals surface area contributed by atoms with Crippen LogP contribution in [-0.2, 0) is 6.42 Å². The Hall–Kier alpha value is -2.49. The van der Waals surface area contributed by atoms with Gasteiger partial charge in [-0.05, 0) is 18.6 Å². The second-order valence-electron chi connectivity index (χ2n) is 4.55. The van der Waals surface area contributed by atoms with Crippen molar-refractivity contribution < 1.29 is 0 Å². The Kier molecular flexibility index (Phi) is 3.29. The van der Waals surface area contributed by atoms with Crippen LogP contribution in [0.5, 0.6) is 0 Å². The molecule has 4 heteroatoms. The second-order valence-corrected chi connectivity index (χ2v) is 4.55. The number of rotatable bonds is 3. The van der Waals surface area contributed by atoms with E-state index >= 15 is 0 Å². The minimum Gasteiger partial charge on any atom is -0.373 e. The van der Waals surface area contributed by atoms with Crippen molar-refractivity contribution in [3.63, 3.8) is 0 Å². The molecular formula is C16H16N4. The van der Waals surface area contributed by atoms with Crippen molar-refractivity contribution in [2.75, 3.05) is 12.4 Å². The van der Waals surface area contributed by atoms with Crippen LogP contribution in [0.3, 0.4) is 0 Å². The quantitative estimate of drug-likeness (QED) is 0.788. The lowest BCUT2D eigenvalue weighted by Crippen LogP contribution is -2.00. The van der Waals surface area contributed by atoms with E-state index in [0.29, 0.717) is 0 Å². The number of aryl methyl sites for hydroxylation is 1. The van der Waals surface area contributed by atoms with Crippen molar-refractivity contribution in [3.8, 4) is 11.4 Å². The number of pyridine rings is 1. The van der Waals surface area contributed by atoms with Crippen molar-refractivity contribution >= 4 is 16.7 Å². The van der Waals surface area contributed by atoms with E-state index in [1.807, 2.05) is 37.4 Å². The number of aromatic nitrogens is 3. The highest BCUT2D eigenvalue weighted by atomic mass is 15.0. The maximum atomic E-state index is 4.64. The number of hydrogen-bond donors (Lipinski definition) is 1. The molecule has 0 spiro atoms. The zero-order valence-corrected chi connectivity index (χ0v) is 11.6. The van der Waals surface area contributed by atoms with Crippen LogP contribution in [0, 0.1) is 0 Å². The van der Waals surface area contributed by atoms with Crippen LogP contribution in [-0.4, -0.2) is 22.0 Å². The summed E-state index contributed by atoms with van der Waals surface area (Å²) in [6, 6.07) is 12.0. The molecular weight excluding hydrogens is 248 g/mol. The van der Waals surface area contributed by atoms with Crippen molar-refractivity contribution in [2.45, 2.75) is 13.3 Å². The fraction of sp³-hybridized carbons (Fsp3) is 0.188. The molecule has 0 saturated carbocycles. The third kappa shape index (κ3) is 2.20. The molecule has 0 unspecified atom stereocenters. The average Bonchev–Trinajstić information content (AvgIpc) is 2.53. The first kappa shape index (κ1) is 12.5. The van der Waals surface area contributed by atoms with Crippen LogP contribution >= 0.6 is 0 Å². The van der Waals surface area contributed by atoms with Gasteiger partial charge in [-0.15, -0.1) is 0 Å². The first-order valence-corrected chi connectivity index (χ1v) is 6.71. The Morgan fingerprint density at radius 3 is 2.75 bits per heavy atom. The highest BCUT2D eigenvalue weighted by Gasteiger charge is 2.09. The van der Waals surface area contributed by atoms with Gasteiger partial charge in [-0.3, -0.25) is 4.98 Å². The minimum absolute atomic E-state index is 0.743. The topological polar surface area (TPSA) is 50.7 Å². The van der Waals surface area contributed by atoms with Gasteiger partial charge in [-0.1, -0.05) is 25.1 Å². The lowest BCUT2D eigenvalue weighted by molar-refractivity contribution is 1.01. The molecule has 0 radical (unpaired) electrons. The van der Waals surface area contributed by atoms with Gasteiger partial charge < -0.3 is 5.32 Å². The minimum atomic E-state index is 0.743. The Labute approximate surface area is 117 Å². The van der Waals surface area contributed by atoms with Crippen molar-refractivity contribution in [1.29, 1.82) is 0 Å². The summed E-state index contributed by atoms with van der Waals surface area (Å²) in [7, 11) is 1.87. The molecule has 100 valence electrons. The van der Waals surface area contributed by atoms with Crippen LogP contribution in [0.25, 0.3) is 22.3 Å². The Balaban J connectivity index is 2.25. The summed E-state index contributed by atoms with van der Waals surface area (Å²) in [4.78, 5) is 13.6. The molecule has 3 rings (SSSR count). The summed E-state index contributed by atoms with van der Waals surface area (Å²) in [6.45, 7) is 2.09. The lowest BCUT2D eigenvalue weighted by Gasteiger charge is -2.08. The molecule has 1 N–H and O–H groups in total. The van der Waals surface area contributed by atoms with Gasteiger partial charge in [-0.2, -0.15) is 0 Å². The van der Waals surface area contributed by atoms with E-state index in [-0.39, 0.29) is 0 Å². The molecule has 1 aromatic carbocycles. The fourth-order valence-corrected chi connectivity index (χ4v) is 2.22. The van der Waals surface area contributed by atoms with E-state index < -0.39 is 0 Å². The van der Waals surface area contributed by atoms with Crippen molar-refractivity contribution in [1.82, 2.24) is 15.0 Å². The van der Waals surface area contributed by atoms with E-state index in [2.05, 4.69) is 33.3 Å². The van der Waals surface area contributed by atoms with Crippen LogP contribution in [0.1, 0.15) is 12.6 Å². The largest absolute Gasteiger partial charge is 0.373 e. The highest BCUT2D eigenvalue weighted by Crippen LogP contribution is 2.25. The summed E-state index contributed by atoms with van der Waals surface area (Å²) in [5, 5.41) is 4.17. The summed E-state index contributed by atoms with van der Waals surface area (Å²) < 4.78 is 0. The normalized spacial score (nSPS) is 10.7. The first-order valence-electron chi connectivity index (χ1n) is 6.71. The molecule has 0 atom stereocenters. The molecule has 0 saturated heterocycles. The summed E-state index contributed by atoms with van der Waals surface area (Å²) in [6.07, 6.45) is 2.69. The van der Waals surface area contributed by atoms with Crippen LogP contribution < -0.4 is 5.32 Å². The summed E-state index contributed by atoms with van der Waals surface area (Å²) in [5.74, 6) is 1.58. The molecule has 0 bridgehead atoms. The highest BCUT2D eigenvalue weighted by molar-refractivity contribution is 5.92. The van der Waals surface area contributed by atoms with E-state index in [1.165, 1.54) is 0 Å². The zero-order valence-electron chi connectivity index (χ0n) is 11.6. The molecule has 4 nitrogen and oxygen atoms in total. The van der Waals surface area contributed by atoms with Gasteiger partial charge >= 0.3 is 0 Å². The van der Waals surface area contributed by atoms with Gasteiger partial charge in [0.1, 0.15) is 5.82 Å². The SMILES string of the molecule is CCc1cc(NC)nc(-c2ccnc3ccccc23)n1. The number of fused-ring (bicyclic) bond motifs is 1. The Morgan fingerprint density at radius 1 is 1.10 bits per heavy atom. The van der Waals surface area contributed by atoms with E-state index in [9.17, 15) is 0 Å². The number of para-hydroxylation sites is 1. The standard InChI is InChI=1S/C16H16N4/c1-3-11-10-15(17-2)20-16(19-11)13-8-9-18-14-7-5-4-6-12(13)14/h4-10H,3H2,1-2H3,(H,17,19,20). The molecule has 2 heterocycles. The molecule has 0 aliphatic rings. The summed E-state index contributed by atoms with van der Waals surface area (Å²) in [5.41, 5.74) is 3.00. The van der Waals surface area contributed by atoms with Gasteiger partial charge in [-0.25, -0.2) is 9.97 Å². The third-order valence-electron chi connectivity index (χ3n) is 3.29. The average molecular weight is 264 g/mol. The fourth-order valence-electron chi connectivity index (χ4n) is 2.22. The van der Waals surface area contributed by atoms with E-state index in [0.717, 1.165) is 40.2 Å². The monoisotopic (exact) mass is 264 g/mol. The smallest absolute Gasteiger partial charge is 0.162 e. The first-order chi connectivity index (χ1) is 9.81. The number of hydrogen-bond acceptors (Lipinski definition) is 4. The van der Waals surface area contributed by atoms with Gasteiger partial charge in [0.15, 0.2) is 5.82 Å². The molecule has 2 aromatic heterocycles. The number of nitrogens with one attached hydrogen (secondary N) is 1. The number of nitrogens with zero attached hydrogens (tertiary/aromatic N) is 3. The van der Waals surface area contributed by atoms with Crippen molar-refractivity contribution in [2.24, 2.45) is 0 Å². The second kappa shape index (κ2) is 5.25. The molecule has 0 aliphatic heterocycles. The lowest BCUT2D eigenvalue weighted by atomic mass is 10.1. The van der Waals surface area contributed by atoms with Crippen LogP contribution in [0.4, 0.5) is 5.82 Å². The maximum Gasteiger partial charge on any atom is 0.162 e. The zero-order chi connectivity index (χ0) is 13.9. The van der Waals surface area contributed by atoms with Gasteiger partial charge in [0, 0.05) is 36.0 Å². The molecule has 0 fully saturated rings. The molecule has 20 heavy (non-hydrogen) atoms. The third-order valence-corrected chi connectivity index (χ3v) is 3.29. The van der Waals surface area contributed by atoms with E-state index in [1.54, 1.807) is 6.20 Å². The van der Waals surface area contributed by atoms with Crippen LogP contribution in [0.2, 0.25) is 0 Å². The number of anilines is 1. The Bertz CT molecular complexity index is 725. The van der Waals surface area contributed by atoms with Gasteiger partial charge in [0.2, 0.25) is 0 Å². The van der Waals surface area contributed by atoms with E-state index in [4.69, 9.17) is 0 Å². The predicted octanol–water partition coefficient (Wildman–Crippen LogP) is 3.30.